The Balaban J connectivity index is 3.01. The summed E-state index contributed by atoms with van der Waals surface area (Å²) in [4.78, 5) is 0. The summed E-state index contributed by atoms with van der Waals surface area (Å²) in [6.45, 7) is 9.11. The van der Waals surface area contributed by atoms with E-state index in [1.54, 1.807) is 0 Å². The Morgan fingerprint density at radius 3 is 2.33 bits per heavy atom. The monoisotopic (exact) mass is 247 g/mol. The molecule has 0 aliphatic rings. The maximum absolute atomic E-state index is 3.51. The second kappa shape index (κ2) is 7.58. The third-order valence-corrected chi connectivity index (χ3v) is 4.06. The van der Waals surface area contributed by atoms with Crippen molar-refractivity contribution in [2.45, 2.75) is 59.4 Å². The topological polar surface area (TPSA) is 12.0 Å². The van der Waals surface area contributed by atoms with Gasteiger partial charge in [0, 0.05) is 6.04 Å². The molecule has 18 heavy (non-hydrogen) atoms. The Bertz CT molecular complexity index is 357. The molecule has 1 rings (SSSR count). The van der Waals surface area contributed by atoms with Crippen molar-refractivity contribution >= 4 is 0 Å². The number of aryl methyl sites for hydroxylation is 2. The normalized spacial score (nSPS) is 14.5. The lowest BCUT2D eigenvalue weighted by molar-refractivity contribution is 0.420. The van der Waals surface area contributed by atoms with Gasteiger partial charge in [0.25, 0.3) is 0 Å². The van der Waals surface area contributed by atoms with Crippen LogP contribution in [0.4, 0.5) is 0 Å². The predicted molar refractivity (Wildman–Crippen MR) is 81.1 cm³/mol. The van der Waals surface area contributed by atoms with Crippen molar-refractivity contribution in [3.8, 4) is 0 Å². The van der Waals surface area contributed by atoms with E-state index in [2.05, 4.69) is 58.3 Å². The summed E-state index contributed by atoms with van der Waals surface area (Å²) < 4.78 is 0. The van der Waals surface area contributed by atoms with Crippen LogP contribution in [0.2, 0.25) is 0 Å². The maximum Gasteiger partial charge on any atom is 0.0322 e. The average Bonchev–Trinajstić information content (AvgIpc) is 2.43. The Morgan fingerprint density at radius 1 is 1.11 bits per heavy atom. The first-order valence-corrected chi connectivity index (χ1v) is 7.45. The van der Waals surface area contributed by atoms with E-state index < -0.39 is 0 Å². The van der Waals surface area contributed by atoms with Gasteiger partial charge < -0.3 is 5.32 Å². The molecule has 1 nitrogen and oxygen atoms in total. The highest BCUT2D eigenvalue weighted by molar-refractivity contribution is 5.34. The maximum atomic E-state index is 3.51. The highest BCUT2D eigenvalue weighted by atomic mass is 14.9. The van der Waals surface area contributed by atoms with Crippen molar-refractivity contribution in [1.82, 2.24) is 5.32 Å². The molecule has 0 fully saturated rings. The van der Waals surface area contributed by atoms with Crippen LogP contribution in [0.5, 0.6) is 0 Å². The van der Waals surface area contributed by atoms with Gasteiger partial charge in [-0.2, -0.15) is 0 Å². The zero-order valence-electron chi connectivity index (χ0n) is 12.7. The van der Waals surface area contributed by atoms with Gasteiger partial charge in [-0.1, -0.05) is 52.3 Å². The molecule has 0 aliphatic carbocycles. The minimum atomic E-state index is 0.501. The minimum Gasteiger partial charge on any atom is -0.313 e. The van der Waals surface area contributed by atoms with Crippen LogP contribution in [0, 0.1) is 5.92 Å². The first kappa shape index (κ1) is 15.2. The average molecular weight is 247 g/mol. The van der Waals surface area contributed by atoms with E-state index in [4.69, 9.17) is 0 Å². The standard InChI is InChI=1S/C17H29N/c1-6-13(4)11-17(18-5)16-12-14(7-2)9-10-15(16)8-3/h9-10,12-13,17-18H,6-8,11H2,1-5H3. The number of benzene rings is 1. The lowest BCUT2D eigenvalue weighted by atomic mass is 9.89. The zero-order chi connectivity index (χ0) is 13.5. The molecule has 0 aliphatic heterocycles. The third kappa shape index (κ3) is 3.84. The molecule has 0 radical (unpaired) electrons. The molecule has 102 valence electrons. The summed E-state index contributed by atoms with van der Waals surface area (Å²) in [5.74, 6) is 0.775. The highest BCUT2D eigenvalue weighted by Crippen LogP contribution is 2.27. The van der Waals surface area contributed by atoms with E-state index in [1.165, 1.54) is 29.5 Å². The molecular formula is C17H29N. The van der Waals surface area contributed by atoms with E-state index in [0.717, 1.165) is 18.8 Å². The summed E-state index contributed by atoms with van der Waals surface area (Å²) in [6, 6.07) is 7.50. The molecule has 1 aromatic carbocycles. The fourth-order valence-corrected chi connectivity index (χ4v) is 2.48. The number of hydrogen-bond acceptors (Lipinski definition) is 1. The molecule has 0 aromatic heterocycles. The van der Waals surface area contributed by atoms with Gasteiger partial charge in [-0.25, -0.2) is 0 Å². The number of rotatable bonds is 7. The van der Waals surface area contributed by atoms with Crippen LogP contribution < -0.4 is 5.32 Å². The van der Waals surface area contributed by atoms with Gasteiger partial charge in [-0.15, -0.1) is 0 Å². The van der Waals surface area contributed by atoms with Crippen molar-refractivity contribution < 1.29 is 0 Å². The molecular weight excluding hydrogens is 218 g/mol. The van der Waals surface area contributed by atoms with Crippen molar-refractivity contribution in [1.29, 1.82) is 0 Å². The summed E-state index contributed by atoms with van der Waals surface area (Å²) in [7, 11) is 2.09. The van der Waals surface area contributed by atoms with Crippen molar-refractivity contribution in [2.24, 2.45) is 5.92 Å². The molecule has 0 saturated carbocycles. The second-order valence-corrected chi connectivity index (χ2v) is 5.33. The summed E-state index contributed by atoms with van der Waals surface area (Å²) in [5.41, 5.74) is 4.46. The van der Waals surface area contributed by atoms with Crippen LogP contribution in [-0.2, 0) is 12.8 Å². The van der Waals surface area contributed by atoms with Gasteiger partial charge in [0.05, 0.1) is 0 Å². The van der Waals surface area contributed by atoms with Crippen LogP contribution in [-0.4, -0.2) is 7.05 Å². The summed E-state index contributed by atoms with van der Waals surface area (Å²) in [5, 5.41) is 3.51. The molecule has 0 bridgehead atoms. The fourth-order valence-electron chi connectivity index (χ4n) is 2.48. The second-order valence-electron chi connectivity index (χ2n) is 5.33. The smallest absolute Gasteiger partial charge is 0.0322 e. The first-order valence-electron chi connectivity index (χ1n) is 7.45. The van der Waals surface area contributed by atoms with Gasteiger partial charge in [0.1, 0.15) is 0 Å². The van der Waals surface area contributed by atoms with Crippen molar-refractivity contribution in [3.63, 3.8) is 0 Å². The molecule has 2 atom stereocenters. The van der Waals surface area contributed by atoms with Crippen LogP contribution in [0.3, 0.4) is 0 Å². The van der Waals surface area contributed by atoms with Gasteiger partial charge in [0.2, 0.25) is 0 Å². The summed E-state index contributed by atoms with van der Waals surface area (Å²) in [6.07, 6.45) is 4.73. The first-order chi connectivity index (χ1) is 8.65. The zero-order valence-corrected chi connectivity index (χ0v) is 12.7. The summed E-state index contributed by atoms with van der Waals surface area (Å²) >= 11 is 0. The van der Waals surface area contributed by atoms with E-state index in [1.807, 2.05) is 0 Å². The van der Waals surface area contributed by atoms with E-state index in [-0.39, 0.29) is 0 Å². The Hall–Kier alpha value is -0.820. The lowest BCUT2D eigenvalue weighted by Crippen LogP contribution is -2.20. The van der Waals surface area contributed by atoms with Gasteiger partial charge >= 0.3 is 0 Å². The Morgan fingerprint density at radius 2 is 1.83 bits per heavy atom. The van der Waals surface area contributed by atoms with Gasteiger partial charge in [0.15, 0.2) is 0 Å². The number of hydrogen-bond donors (Lipinski definition) is 1. The molecule has 1 heteroatoms. The van der Waals surface area contributed by atoms with E-state index >= 15 is 0 Å². The molecule has 0 heterocycles. The molecule has 0 saturated heterocycles. The molecule has 1 N–H and O–H groups in total. The van der Waals surface area contributed by atoms with Crippen LogP contribution in [0.25, 0.3) is 0 Å². The van der Waals surface area contributed by atoms with Crippen LogP contribution in [0.1, 0.15) is 63.3 Å². The highest BCUT2D eigenvalue weighted by Gasteiger charge is 2.15. The van der Waals surface area contributed by atoms with Crippen LogP contribution >= 0.6 is 0 Å². The molecule has 2 unspecified atom stereocenters. The fraction of sp³-hybridized carbons (Fsp3) is 0.647. The Labute approximate surface area is 113 Å². The van der Waals surface area contributed by atoms with Crippen LogP contribution in [0.15, 0.2) is 18.2 Å². The number of nitrogens with one attached hydrogen (secondary N) is 1. The SMILES string of the molecule is CCc1ccc(CC)c(C(CC(C)CC)NC)c1. The predicted octanol–water partition coefficient (Wildman–Crippen LogP) is 4.51. The third-order valence-electron chi connectivity index (χ3n) is 4.06. The van der Waals surface area contributed by atoms with Crippen molar-refractivity contribution in [3.05, 3.63) is 34.9 Å². The van der Waals surface area contributed by atoms with Gasteiger partial charge in [-0.05, 0) is 48.9 Å². The Kier molecular flexibility index (Phi) is 6.42. The largest absolute Gasteiger partial charge is 0.313 e. The lowest BCUT2D eigenvalue weighted by Gasteiger charge is -2.23. The van der Waals surface area contributed by atoms with Gasteiger partial charge in [-0.3, -0.25) is 0 Å². The molecule has 0 amide bonds. The van der Waals surface area contributed by atoms with E-state index in [0.29, 0.717) is 6.04 Å². The van der Waals surface area contributed by atoms with E-state index in [9.17, 15) is 0 Å². The quantitative estimate of drug-likeness (QED) is 0.747. The minimum absolute atomic E-state index is 0.501. The molecule has 1 aromatic rings. The molecule has 0 spiro atoms. The van der Waals surface area contributed by atoms with Crippen molar-refractivity contribution in [2.75, 3.05) is 7.05 Å².